The third kappa shape index (κ3) is 2.44. The Labute approximate surface area is 98.5 Å². The summed E-state index contributed by atoms with van der Waals surface area (Å²) in [6.45, 7) is 0.445. The fourth-order valence-corrected chi connectivity index (χ4v) is 1.58. The quantitative estimate of drug-likeness (QED) is 0.796. The van der Waals surface area contributed by atoms with Crippen LogP contribution in [0.25, 0.3) is 0 Å². The zero-order valence-electron chi connectivity index (χ0n) is 9.46. The van der Waals surface area contributed by atoms with Crippen LogP contribution < -0.4 is 16.0 Å². The number of anilines is 1. The number of nitrogen functional groups attached to an aromatic ring is 1. The molecular weight excluding hydrogens is 218 g/mol. The third-order valence-electron chi connectivity index (χ3n) is 2.44. The second-order valence-electron chi connectivity index (χ2n) is 3.62. The predicted octanol–water partition coefficient (Wildman–Crippen LogP) is 0.882. The lowest BCUT2D eigenvalue weighted by molar-refractivity contribution is 0.417. The number of hydrogen-bond acceptors (Lipinski definition) is 4. The van der Waals surface area contributed by atoms with Crippen LogP contribution in [0.15, 0.2) is 41.6 Å². The molecule has 1 heterocycles. The second kappa shape index (κ2) is 4.69. The Morgan fingerprint density at radius 3 is 2.88 bits per heavy atom. The van der Waals surface area contributed by atoms with E-state index in [1.54, 1.807) is 19.2 Å². The van der Waals surface area contributed by atoms with Crippen LogP contribution in [0, 0.1) is 0 Å². The zero-order valence-corrected chi connectivity index (χ0v) is 9.46. The molecule has 0 amide bonds. The highest BCUT2D eigenvalue weighted by Crippen LogP contribution is 2.21. The Morgan fingerprint density at radius 2 is 2.24 bits per heavy atom. The molecule has 0 aliphatic carbocycles. The molecule has 2 rings (SSSR count). The second-order valence-corrected chi connectivity index (χ2v) is 3.62. The molecule has 0 spiro atoms. The van der Waals surface area contributed by atoms with Crippen molar-refractivity contribution in [2.24, 2.45) is 0 Å². The van der Waals surface area contributed by atoms with Crippen molar-refractivity contribution in [1.29, 1.82) is 0 Å². The van der Waals surface area contributed by atoms with Crippen LogP contribution in [0.5, 0.6) is 5.75 Å². The summed E-state index contributed by atoms with van der Waals surface area (Å²) in [4.78, 5) is 15.4. The summed E-state index contributed by atoms with van der Waals surface area (Å²) in [6.07, 6.45) is 2.98. The van der Waals surface area contributed by atoms with E-state index in [-0.39, 0.29) is 5.56 Å². The summed E-state index contributed by atoms with van der Waals surface area (Å²) in [7, 11) is 1.57. The Kier molecular flexibility index (Phi) is 3.09. The lowest BCUT2D eigenvalue weighted by Gasteiger charge is -2.08. The molecule has 0 atom stereocenters. The molecule has 1 aromatic heterocycles. The third-order valence-corrected chi connectivity index (χ3v) is 2.44. The van der Waals surface area contributed by atoms with Crippen LogP contribution >= 0.6 is 0 Å². The predicted molar refractivity (Wildman–Crippen MR) is 65.0 cm³/mol. The standard InChI is InChI=1S/C12H13N3O2/c1-17-11-3-2-9(6-10(11)13)7-15-8-14-5-4-12(15)16/h2-6,8H,7,13H2,1H3. The van der Waals surface area contributed by atoms with Gasteiger partial charge in [-0.2, -0.15) is 0 Å². The topological polar surface area (TPSA) is 70.1 Å². The number of hydrogen-bond donors (Lipinski definition) is 1. The lowest BCUT2D eigenvalue weighted by Crippen LogP contribution is -2.19. The van der Waals surface area contributed by atoms with Gasteiger partial charge >= 0.3 is 0 Å². The minimum atomic E-state index is -0.0885. The summed E-state index contributed by atoms with van der Waals surface area (Å²) in [5.41, 5.74) is 7.19. The van der Waals surface area contributed by atoms with Crippen LogP contribution in [0.4, 0.5) is 5.69 Å². The van der Waals surface area contributed by atoms with Gasteiger partial charge in [-0.25, -0.2) is 4.98 Å². The van der Waals surface area contributed by atoms with E-state index in [0.29, 0.717) is 18.0 Å². The van der Waals surface area contributed by atoms with Crippen molar-refractivity contribution in [1.82, 2.24) is 9.55 Å². The van der Waals surface area contributed by atoms with Crippen LogP contribution in [0.1, 0.15) is 5.56 Å². The minimum Gasteiger partial charge on any atom is -0.495 e. The van der Waals surface area contributed by atoms with Crippen molar-refractivity contribution in [3.63, 3.8) is 0 Å². The Hall–Kier alpha value is -2.30. The Bertz CT molecular complexity index is 578. The number of rotatable bonds is 3. The van der Waals surface area contributed by atoms with E-state index >= 15 is 0 Å². The molecule has 0 aliphatic heterocycles. The number of nitrogens with zero attached hydrogens (tertiary/aromatic N) is 2. The molecule has 0 saturated heterocycles. The highest BCUT2D eigenvalue weighted by atomic mass is 16.5. The van der Waals surface area contributed by atoms with Crippen molar-refractivity contribution in [3.8, 4) is 5.75 Å². The van der Waals surface area contributed by atoms with Gasteiger partial charge in [0.15, 0.2) is 0 Å². The fraction of sp³-hybridized carbons (Fsp3) is 0.167. The van der Waals surface area contributed by atoms with Crippen LogP contribution in [0.3, 0.4) is 0 Å². The van der Waals surface area contributed by atoms with Crippen LogP contribution in [-0.4, -0.2) is 16.7 Å². The van der Waals surface area contributed by atoms with Gasteiger partial charge in [0.25, 0.3) is 5.56 Å². The molecule has 1 aromatic carbocycles. The van der Waals surface area contributed by atoms with Crippen LogP contribution in [0.2, 0.25) is 0 Å². The first-order valence-electron chi connectivity index (χ1n) is 5.13. The van der Waals surface area contributed by atoms with Crippen molar-refractivity contribution in [2.75, 3.05) is 12.8 Å². The van der Waals surface area contributed by atoms with Gasteiger partial charge in [-0.05, 0) is 17.7 Å². The number of nitrogens with two attached hydrogens (primary N) is 1. The maximum absolute atomic E-state index is 11.5. The van der Waals surface area contributed by atoms with E-state index in [0.717, 1.165) is 5.56 Å². The monoisotopic (exact) mass is 231 g/mol. The SMILES string of the molecule is COc1ccc(Cn2cnccc2=O)cc1N. The first-order chi connectivity index (χ1) is 8.20. The van der Waals surface area contributed by atoms with Gasteiger partial charge in [0.2, 0.25) is 0 Å². The molecule has 0 radical (unpaired) electrons. The highest BCUT2D eigenvalue weighted by Gasteiger charge is 2.02. The zero-order chi connectivity index (χ0) is 12.3. The summed E-state index contributed by atoms with van der Waals surface area (Å²) >= 11 is 0. The Balaban J connectivity index is 2.28. The summed E-state index contributed by atoms with van der Waals surface area (Å²) in [5.74, 6) is 0.632. The van der Waals surface area contributed by atoms with Crippen molar-refractivity contribution < 1.29 is 4.74 Å². The van der Waals surface area contributed by atoms with E-state index in [2.05, 4.69) is 4.98 Å². The summed E-state index contributed by atoms with van der Waals surface area (Å²) < 4.78 is 6.58. The molecule has 5 heteroatoms. The molecule has 88 valence electrons. The van der Waals surface area contributed by atoms with Crippen molar-refractivity contribution >= 4 is 5.69 Å². The van der Waals surface area contributed by atoms with Gasteiger partial charge in [0.05, 0.1) is 25.7 Å². The van der Waals surface area contributed by atoms with Gasteiger partial charge in [0, 0.05) is 12.3 Å². The highest BCUT2D eigenvalue weighted by molar-refractivity contribution is 5.54. The Morgan fingerprint density at radius 1 is 1.41 bits per heavy atom. The van der Waals surface area contributed by atoms with Gasteiger partial charge in [-0.3, -0.25) is 9.36 Å². The molecule has 5 nitrogen and oxygen atoms in total. The molecule has 0 fully saturated rings. The maximum Gasteiger partial charge on any atom is 0.253 e. The number of methoxy groups -OCH3 is 1. The van der Waals surface area contributed by atoms with E-state index < -0.39 is 0 Å². The minimum absolute atomic E-state index is 0.0885. The fourth-order valence-electron chi connectivity index (χ4n) is 1.58. The molecular formula is C12H13N3O2. The molecule has 0 bridgehead atoms. The van der Waals surface area contributed by atoms with E-state index in [1.807, 2.05) is 6.07 Å². The van der Waals surface area contributed by atoms with Gasteiger partial charge in [-0.1, -0.05) is 6.07 Å². The van der Waals surface area contributed by atoms with Gasteiger partial charge in [-0.15, -0.1) is 0 Å². The molecule has 17 heavy (non-hydrogen) atoms. The van der Waals surface area contributed by atoms with Crippen LogP contribution in [-0.2, 0) is 6.54 Å². The average molecular weight is 231 g/mol. The molecule has 0 unspecified atom stereocenters. The summed E-state index contributed by atoms with van der Waals surface area (Å²) in [5, 5.41) is 0. The van der Waals surface area contributed by atoms with E-state index in [9.17, 15) is 4.79 Å². The molecule has 0 saturated carbocycles. The normalized spacial score (nSPS) is 10.2. The van der Waals surface area contributed by atoms with Gasteiger partial charge in [0.1, 0.15) is 5.75 Å². The van der Waals surface area contributed by atoms with E-state index in [4.69, 9.17) is 10.5 Å². The maximum atomic E-state index is 11.5. The average Bonchev–Trinajstić information content (AvgIpc) is 2.32. The first kappa shape index (κ1) is 11.2. The molecule has 2 aromatic rings. The molecule has 0 aliphatic rings. The smallest absolute Gasteiger partial charge is 0.253 e. The number of aromatic nitrogens is 2. The van der Waals surface area contributed by atoms with Crippen molar-refractivity contribution in [2.45, 2.75) is 6.54 Å². The first-order valence-corrected chi connectivity index (χ1v) is 5.13. The van der Waals surface area contributed by atoms with Crippen molar-refractivity contribution in [3.05, 3.63) is 52.7 Å². The summed E-state index contributed by atoms with van der Waals surface area (Å²) in [6, 6.07) is 6.87. The van der Waals surface area contributed by atoms with Gasteiger partial charge < -0.3 is 10.5 Å². The molecule has 2 N–H and O–H groups in total. The largest absolute Gasteiger partial charge is 0.495 e. The van der Waals surface area contributed by atoms with E-state index in [1.165, 1.54) is 23.2 Å². The number of benzene rings is 1. The lowest BCUT2D eigenvalue weighted by atomic mass is 10.2. The number of ether oxygens (including phenoxy) is 1.